The van der Waals surface area contributed by atoms with Crippen LogP contribution in [0.25, 0.3) is 0 Å². The van der Waals surface area contributed by atoms with Gasteiger partial charge in [0.1, 0.15) is 16.8 Å². The van der Waals surface area contributed by atoms with E-state index in [4.69, 9.17) is 4.74 Å². The zero-order valence-corrected chi connectivity index (χ0v) is 10.9. The number of nitrogens with zero attached hydrogens (tertiary/aromatic N) is 3. The monoisotopic (exact) mass is 276 g/mol. The lowest BCUT2D eigenvalue weighted by Gasteiger charge is -2.02. The molecule has 0 aromatic carbocycles. The molecule has 1 amide bonds. The normalized spacial score (nSPS) is 18.4. The number of hydrogen-bond acceptors (Lipinski definition) is 6. The molecule has 3 rings (SSSR count). The molecule has 1 fully saturated rings. The molecule has 2 aromatic heterocycles. The molecule has 0 spiro atoms. The summed E-state index contributed by atoms with van der Waals surface area (Å²) in [4.78, 5) is 15.9. The van der Waals surface area contributed by atoms with Gasteiger partial charge < -0.3 is 4.74 Å². The van der Waals surface area contributed by atoms with Crippen molar-refractivity contribution in [1.82, 2.24) is 15.2 Å². The van der Waals surface area contributed by atoms with Gasteiger partial charge in [0, 0.05) is 12.8 Å². The van der Waals surface area contributed by atoms with E-state index in [1.54, 1.807) is 24.4 Å². The number of amides is 1. The SMILES string of the molecule is O=C(Nc1nnc([C@@H]2CCCO2)s1)c1ccccn1. The van der Waals surface area contributed by atoms with Crippen molar-refractivity contribution in [1.29, 1.82) is 0 Å². The molecule has 98 valence electrons. The topological polar surface area (TPSA) is 77.0 Å². The number of pyridine rings is 1. The summed E-state index contributed by atoms with van der Waals surface area (Å²) < 4.78 is 5.52. The largest absolute Gasteiger partial charge is 0.371 e. The zero-order valence-electron chi connectivity index (χ0n) is 10.1. The second-order valence-corrected chi connectivity index (χ2v) is 5.13. The molecule has 3 heterocycles. The smallest absolute Gasteiger partial charge is 0.276 e. The predicted molar refractivity (Wildman–Crippen MR) is 70.0 cm³/mol. The van der Waals surface area contributed by atoms with Crippen LogP contribution in [0.1, 0.15) is 34.4 Å². The molecule has 19 heavy (non-hydrogen) atoms. The van der Waals surface area contributed by atoms with Crippen molar-refractivity contribution in [2.45, 2.75) is 18.9 Å². The third kappa shape index (κ3) is 2.77. The van der Waals surface area contributed by atoms with Crippen molar-refractivity contribution < 1.29 is 9.53 Å². The molecule has 1 aliphatic heterocycles. The summed E-state index contributed by atoms with van der Waals surface area (Å²) in [5.41, 5.74) is 0.358. The van der Waals surface area contributed by atoms with E-state index in [9.17, 15) is 4.79 Å². The molecule has 0 unspecified atom stereocenters. The van der Waals surface area contributed by atoms with Crippen molar-refractivity contribution >= 4 is 22.4 Å². The van der Waals surface area contributed by atoms with Gasteiger partial charge in [-0.25, -0.2) is 0 Å². The molecule has 1 N–H and O–H groups in total. The van der Waals surface area contributed by atoms with Crippen LogP contribution in [0.2, 0.25) is 0 Å². The number of carbonyl (C=O) groups is 1. The van der Waals surface area contributed by atoms with E-state index in [2.05, 4.69) is 20.5 Å². The molecule has 0 aliphatic carbocycles. The summed E-state index contributed by atoms with van der Waals surface area (Å²) >= 11 is 1.35. The molecule has 0 radical (unpaired) electrons. The minimum Gasteiger partial charge on any atom is -0.371 e. The average molecular weight is 276 g/mol. The first-order chi connectivity index (χ1) is 9.33. The Labute approximate surface area is 113 Å². The van der Waals surface area contributed by atoms with Gasteiger partial charge in [-0.15, -0.1) is 10.2 Å². The Bertz CT molecular complexity index is 566. The summed E-state index contributed by atoms with van der Waals surface area (Å²) in [7, 11) is 0. The first kappa shape index (κ1) is 12.2. The molecular formula is C12H12N4O2S. The van der Waals surface area contributed by atoms with Crippen LogP contribution in [-0.4, -0.2) is 27.7 Å². The highest BCUT2D eigenvalue weighted by Gasteiger charge is 2.22. The Kier molecular flexibility index (Phi) is 3.47. The standard InChI is InChI=1S/C12H12N4O2S/c17-10(8-4-1-2-6-13-8)14-12-16-15-11(19-12)9-5-3-7-18-9/h1-2,4,6,9H,3,5,7H2,(H,14,16,17)/t9-/m0/s1. The maximum Gasteiger partial charge on any atom is 0.276 e. The van der Waals surface area contributed by atoms with E-state index < -0.39 is 0 Å². The predicted octanol–water partition coefficient (Wildman–Crippen LogP) is 2.04. The van der Waals surface area contributed by atoms with E-state index >= 15 is 0 Å². The number of nitrogens with one attached hydrogen (secondary N) is 1. The van der Waals surface area contributed by atoms with Gasteiger partial charge in [-0.3, -0.25) is 15.1 Å². The Morgan fingerprint density at radius 3 is 3.11 bits per heavy atom. The van der Waals surface area contributed by atoms with Crippen LogP contribution in [0.3, 0.4) is 0 Å². The molecular weight excluding hydrogens is 264 g/mol. The van der Waals surface area contributed by atoms with Crippen LogP contribution in [0, 0.1) is 0 Å². The van der Waals surface area contributed by atoms with Crippen LogP contribution < -0.4 is 5.32 Å². The molecule has 0 bridgehead atoms. The van der Waals surface area contributed by atoms with Crippen LogP contribution in [0.5, 0.6) is 0 Å². The number of carbonyl (C=O) groups excluding carboxylic acids is 1. The van der Waals surface area contributed by atoms with Crippen molar-refractivity contribution in [2.75, 3.05) is 11.9 Å². The van der Waals surface area contributed by atoms with Gasteiger partial charge in [0.25, 0.3) is 5.91 Å². The lowest BCUT2D eigenvalue weighted by Crippen LogP contribution is -2.13. The molecule has 0 saturated carbocycles. The Hall–Kier alpha value is -1.86. The van der Waals surface area contributed by atoms with Gasteiger partial charge in [-0.2, -0.15) is 0 Å². The third-order valence-electron chi connectivity index (χ3n) is 2.76. The second kappa shape index (κ2) is 5.41. The van der Waals surface area contributed by atoms with Crippen LogP contribution >= 0.6 is 11.3 Å². The lowest BCUT2D eigenvalue weighted by molar-refractivity contribution is 0.102. The molecule has 6 nitrogen and oxygen atoms in total. The number of rotatable bonds is 3. The highest BCUT2D eigenvalue weighted by atomic mass is 32.1. The lowest BCUT2D eigenvalue weighted by atomic mass is 10.2. The highest BCUT2D eigenvalue weighted by Crippen LogP contribution is 2.31. The van der Waals surface area contributed by atoms with Crippen LogP contribution in [-0.2, 0) is 4.74 Å². The number of aromatic nitrogens is 3. The Morgan fingerprint density at radius 1 is 1.42 bits per heavy atom. The molecule has 2 aromatic rings. The van der Waals surface area contributed by atoms with Crippen molar-refractivity contribution in [3.05, 3.63) is 35.1 Å². The van der Waals surface area contributed by atoms with Crippen LogP contribution in [0.4, 0.5) is 5.13 Å². The molecule has 1 atom stereocenters. The van der Waals surface area contributed by atoms with Gasteiger partial charge in [-0.1, -0.05) is 17.4 Å². The van der Waals surface area contributed by atoms with Crippen molar-refractivity contribution in [3.8, 4) is 0 Å². The Balaban J connectivity index is 1.68. The maximum absolute atomic E-state index is 11.9. The average Bonchev–Trinajstić information content (AvgIpc) is 3.10. The van der Waals surface area contributed by atoms with Crippen LogP contribution in [0.15, 0.2) is 24.4 Å². The van der Waals surface area contributed by atoms with Gasteiger partial charge >= 0.3 is 0 Å². The first-order valence-corrected chi connectivity index (χ1v) is 6.82. The van der Waals surface area contributed by atoms with E-state index in [-0.39, 0.29) is 12.0 Å². The quantitative estimate of drug-likeness (QED) is 0.928. The maximum atomic E-state index is 11.9. The zero-order chi connectivity index (χ0) is 13.1. The summed E-state index contributed by atoms with van der Waals surface area (Å²) in [6, 6.07) is 5.18. The fourth-order valence-electron chi connectivity index (χ4n) is 1.85. The summed E-state index contributed by atoms with van der Waals surface area (Å²) in [6.07, 6.45) is 3.60. The number of anilines is 1. The fraction of sp³-hybridized carbons (Fsp3) is 0.333. The molecule has 1 saturated heterocycles. The number of ether oxygens (including phenoxy) is 1. The van der Waals surface area contributed by atoms with Crippen molar-refractivity contribution in [2.24, 2.45) is 0 Å². The van der Waals surface area contributed by atoms with E-state index in [0.29, 0.717) is 10.8 Å². The van der Waals surface area contributed by atoms with Gasteiger partial charge in [0.15, 0.2) is 0 Å². The van der Waals surface area contributed by atoms with Gasteiger partial charge in [0.2, 0.25) is 5.13 Å². The summed E-state index contributed by atoms with van der Waals surface area (Å²) in [5, 5.41) is 12.0. The second-order valence-electron chi connectivity index (χ2n) is 4.12. The Morgan fingerprint density at radius 2 is 2.37 bits per heavy atom. The van der Waals surface area contributed by atoms with E-state index in [0.717, 1.165) is 24.5 Å². The minimum absolute atomic E-state index is 0.0259. The molecule has 7 heteroatoms. The number of hydrogen-bond donors (Lipinski definition) is 1. The van der Waals surface area contributed by atoms with Crippen molar-refractivity contribution in [3.63, 3.8) is 0 Å². The van der Waals surface area contributed by atoms with Gasteiger partial charge in [-0.05, 0) is 25.0 Å². The third-order valence-corrected chi connectivity index (χ3v) is 3.69. The highest BCUT2D eigenvalue weighted by molar-refractivity contribution is 7.15. The van der Waals surface area contributed by atoms with Gasteiger partial charge in [0.05, 0.1) is 0 Å². The fourth-order valence-corrected chi connectivity index (χ4v) is 2.67. The first-order valence-electron chi connectivity index (χ1n) is 6.00. The minimum atomic E-state index is -0.282. The van der Waals surface area contributed by atoms with E-state index in [1.165, 1.54) is 11.3 Å². The molecule has 1 aliphatic rings. The van der Waals surface area contributed by atoms with E-state index in [1.807, 2.05) is 0 Å². The summed E-state index contributed by atoms with van der Waals surface area (Å²) in [5.74, 6) is -0.282. The summed E-state index contributed by atoms with van der Waals surface area (Å²) in [6.45, 7) is 0.764.